The second kappa shape index (κ2) is 7.64. The Labute approximate surface area is 119 Å². The molecule has 0 saturated heterocycles. The Balaban J connectivity index is 1.84. The molecule has 0 aromatic heterocycles. The van der Waals surface area contributed by atoms with Crippen LogP contribution in [0.5, 0.6) is 0 Å². The fraction of sp³-hybridized carbons (Fsp3) is 1.00. The summed E-state index contributed by atoms with van der Waals surface area (Å²) >= 11 is 0. The maximum Gasteiger partial charge on any atom is 0.0306 e. The van der Waals surface area contributed by atoms with Gasteiger partial charge < -0.3 is 11.1 Å². The zero-order valence-electron chi connectivity index (χ0n) is 12.9. The van der Waals surface area contributed by atoms with Crippen LogP contribution in [-0.2, 0) is 0 Å². The summed E-state index contributed by atoms with van der Waals surface area (Å²) in [6, 6.07) is 0.744. The van der Waals surface area contributed by atoms with Crippen molar-refractivity contribution < 1.29 is 0 Å². The summed E-state index contributed by atoms with van der Waals surface area (Å²) in [4.78, 5) is 0. The summed E-state index contributed by atoms with van der Waals surface area (Å²) < 4.78 is 0. The predicted octanol–water partition coefficient (Wildman–Crippen LogP) is 3.99. The minimum atomic E-state index is 0.277. The number of hydrogen-bond donors (Lipinski definition) is 2. The van der Waals surface area contributed by atoms with Gasteiger partial charge in [-0.05, 0) is 44.4 Å². The van der Waals surface area contributed by atoms with Gasteiger partial charge in [0.15, 0.2) is 0 Å². The largest absolute Gasteiger partial charge is 0.329 e. The van der Waals surface area contributed by atoms with E-state index in [9.17, 15) is 0 Å². The van der Waals surface area contributed by atoms with Crippen LogP contribution in [0, 0.1) is 5.92 Å². The average molecular weight is 266 g/mol. The Morgan fingerprint density at radius 3 is 2.16 bits per heavy atom. The minimum absolute atomic E-state index is 0.277. The van der Waals surface area contributed by atoms with Crippen molar-refractivity contribution in [2.45, 2.75) is 95.6 Å². The average Bonchev–Trinajstić information content (AvgIpc) is 2.70. The molecule has 0 aliphatic heterocycles. The van der Waals surface area contributed by atoms with Gasteiger partial charge in [-0.15, -0.1) is 0 Å². The topological polar surface area (TPSA) is 38.0 Å². The van der Waals surface area contributed by atoms with Gasteiger partial charge in [0.25, 0.3) is 0 Å². The maximum absolute atomic E-state index is 6.15. The molecule has 0 atom stereocenters. The molecular weight excluding hydrogens is 232 g/mol. The van der Waals surface area contributed by atoms with Crippen LogP contribution < -0.4 is 11.1 Å². The number of rotatable bonds is 5. The summed E-state index contributed by atoms with van der Waals surface area (Å²) in [7, 11) is 0. The third-order valence-corrected chi connectivity index (χ3v) is 5.52. The second-order valence-corrected chi connectivity index (χ2v) is 7.05. The van der Waals surface area contributed by atoms with E-state index >= 15 is 0 Å². The highest BCUT2D eigenvalue weighted by Gasteiger charge is 2.35. The molecule has 2 rings (SSSR count). The van der Waals surface area contributed by atoms with Gasteiger partial charge in [0.1, 0.15) is 0 Å². The van der Waals surface area contributed by atoms with Crippen LogP contribution in [0.25, 0.3) is 0 Å². The lowest BCUT2D eigenvalue weighted by atomic mass is 9.74. The molecule has 2 fully saturated rings. The molecule has 0 aromatic carbocycles. The van der Waals surface area contributed by atoms with E-state index in [0.29, 0.717) is 0 Å². The normalized spacial score (nSPS) is 34.1. The highest BCUT2D eigenvalue weighted by molar-refractivity contribution is 4.96. The van der Waals surface area contributed by atoms with Crippen molar-refractivity contribution in [1.29, 1.82) is 0 Å². The van der Waals surface area contributed by atoms with E-state index in [-0.39, 0.29) is 5.54 Å². The Kier molecular flexibility index (Phi) is 6.15. The fourth-order valence-electron chi connectivity index (χ4n) is 4.19. The van der Waals surface area contributed by atoms with Gasteiger partial charge in [-0.2, -0.15) is 0 Å². The molecule has 3 N–H and O–H groups in total. The molecule has 2 heteroatoms. The van der Waals surface area contributed by atoms with Crippen LogP contribution in [0.15, 0.2) is 0 Å². The Morgan fingerprint density at radius 2 is 1.63 bits per heavy atom. The van der Waals surface area contributed by atoms with Crippen molar-refractivity contribution in [3.63, 3.8) is 0 Å². The highest BCUT2D eigenvalue weighted by atomic mass is 15.0. The molecule has 0 heterocycles. The monoisotopic (exact) mass is 266 g/mol. The summed E-state index contributed by atoms with van der Waals surface area (Å²) in [6.07, 6.45) is 16.6. The zero-order valence-corrected chi connectivity index (χ0v) is 12.9. The molecule has 19 heavy (non-hydrogen) atoms. The van der Waals surface area contributed by atoms with Crippen LogP contribution in [0.3, 0.4) is 0 Å². The highest BCUT2D eigenvalue weighted by Crippen LogP contribution is 2.35. The van der Waals surface area contributed by atoms with Gasteiger partial charge >= 0.3 is 0 Å². The maximum atomic E-state index is 6.15. The van der Waals surface area contributed by atoms with Crippen LogP contribution in [-0.4, -0.2) is 18.1 Å². The summed E-state index contributed by atoms with van der Waals surface area (Å²) in [5, 5.41) is 4.00. The first-order valence-electron chi connectivity index (χ1n) is 8.76. The molecule has 112 valence electrons. The van der Waals surface area contributed by atoms with Crippen molar-refractivity contribution in [1.82, 2.24) is 5.32 Å². The summed E-state index contributed by atoms with van der Waals surface area (Å²) in [6.45, 7) is 3.15. The van der Waals surface area contributed by atoms with E-state index in [1.165, 1.54) is 77.0 Å². The molecule has 0 spiro atoms. The summed E-state index contributed by atoms with van der Waals surface area (Å²) in [5.41, 5.74) is 6.43. The molecule has 2 aliphatic carbocycles. The lowest BCUT2D eigenvalue weighted by Gasteiger charge is -2.43. The Morgan fingerprint density at radius 1 is 1.00 bits per heavy atom. The van der Waals surface area contributed by atoms with Crippen molar-refractivity contribution in [3.8, 4) is 0 Å². The van der Waals surface area contributed by atoms with Crippen LogP contribution in [0.4, 0.5) is 0 Å². The fourth-order valence-corrected chi connectivity index (χ4v) is 4.19. The first-order valence-corrected chi connectivity index (χ1v) is 8.76. The van der Waals surface area contributed by atoms with Crippen molar-refractivity contribution in [3.05, 3.63) is 0 Å². The van der Waals surface area contributed by atoms with Crippen molar-refractivity contribution >= 4 is 0 Å². The molecule has 0 amide bonds. The quantitative estimate of drug-likeness (QED) is 0.739. The molecule has 0 aromatic rings. The molecule has 2 aliphatic rings. The van der Waals surface area contributed by atoms with Crippen LogP contribution in [0.1, 0.15) is 84.0 Å². The lowest BCUT2D eigenvalue weighted by molar-refractivity contribution is 0.166. The van der Waals surface area contributed by atoms with Gasteiger partial charge in [-0.25, -0.2) is 0 Å². The number of hydrogen-bond acceptors (Lipinski definition) is 2. The van der Waals surface area contributed by atoms with Crippen LogP contribution in [0.2, 0.25) is 0 Å². The molecular formula is C17H34N2. The zero-order chi connectivity index (χ0) is 13.6. The Bertz CT molecular complexity index is 236. The standard InChI is InChI=1S/C17H34N2/c1-2-7-15-10-12-17(14-18,13-11-15)19-16-8-5-3-4-6-9-16/h15-16,19H,2-14,18H2,1H3. The Hall–Kier alpha value is -0.0800. The molecule has 0 bridgehead atoms. The lowest BCUT2D eigenvalue weighted by Crippen LogP contribution is -2.56. The molecule has 2 saturated carbocycles. The summed E-state index contributed by atoms with van der Waals surface area (Å²) in [5.74, 6) is 0.973. The predicted molar refractivity (Wildman–Crippen MR) is 83.3 cm³/mol. The number of nitrogens with one attached hydrogen (secondary N) is 1. The second-order valence-electron chi connectivity index (χ2n) is 7.05. The van der Waals surface area contributed by atoms with E-state index < -0.39 is 0 Å². The van der Waals surface area contributed by atoms with Crippen molar-refractivity contribution in [2.24, 2.45) is 11.7 Å². The third kappa shape index (κ3) is 4.46. The van der Waals surface area contributed by atoms with Crippen LogP contribution >= 0.6 is 0 Å². The first kappa shape index (κ1) is 15.3. The first-order chi connectivity index (χ1) is 9.28. The van der Waals surface area contributed by atoms with E-state index in [4.69, 9.17) is 5.73 Å². The molecule has 0 radical (unpaired) electrons. The SMILES string of the molecule is CCCC1CCC(CN)(NC2CCCCCC2)CC1. The van der Waals surface area contributed by atoms with E-state index in [0.717, 1.165) is 18.5 Å². The van der Waals surface area contributed by atoms with E-state index in [1.807, 2.05) is 0 Å². The van der Waals surface area contributed by atoms with Gasteiger partial charge in [-0.3, -0.25) is 0 Å². The number of nitrogens with two attached hydrogens (primary N) is 1. The molecule has 0 unspecified atom stereocenters. The van der Waals surface area contributed by atoms with Gasteiger partial charge in [-0.1, -0.05) is 45.4 Å². The smallest absolute Gasteiger partial charge is 0.0306 e. The molecule has 2 nitrogen and oxygen atoms in total. The third-order valence-electron chi connectivity index (χ3n) is 5.52. The van der Waals surface area contributed by atoms with E-state index in [1.54, 1.807) is 0 Å². The van der Waals surface area contributed by atoms with Crippen molar-refractivity contribution in [2.75, 3.05) is 6.54 Å². The van der Waals surface area contributed by atoms with E-state index in [2.05, 4.69) is 12.2 Å². The van der Waals surface area contributed by atoms with Gasteiger partial charge in [0.2, 0.25) is 0 Å². The van der Waals surface area contributed by atoms with Gasteiger partial charge in [0.05, 0.1) is 0 Å². The minimum Gasteiger partial charge on any atom is -0.329 e. The van der Waals surface area contributed by atoms with Gasteiger partial charge in [0, 0.05) is 18.1 Å².